The summed E-state index contributed by atoms with van der Waals surface area (Å²) in [5.74, 6) is -0.167. The number of primary amides is 1. The molecule has 2 aromatic rings. The lowest BCUT2D eigenvalue weighted by atomic mass is 10.1. The molecule has 9 heteroatoms. The molecular weight excluding hydrogens is 387 g/mol. The summed E-state index contributed by atoms with van der Waals surface area (Å²) in [6.07, 6.45) is 0.591. The maximum Gasteiger partial charge on any atom is 0.349 e. The van der Waals surface area contributed by atoms with Crippen LogP contribution in [0.4, 0.5) is 5.82 Å². The van der Waals surface area contributed by atoms with E-state index in [-0.39, 0.29) is 18.7 Å². The average molecular weight is 404 g/mol. The number of nitrogens with two attached hydrogens (primary N) is 1. The van der Waals surface area contributed by atoms with Crippen LogP contribution in [-0.2, 0) is 24.2 Å². The summed E-state index contributed by atoms with van der Waals surface area (Å²) in [5.41, 5.74) is 5.95. The lowest BCUT2D eigenvalue weighted by Crippen LogP contribution is -2.32. The number of carbonyl (C=O) groups excluding carboxylic acids is 1. The Bertz CT molecular complexity index is 788. The lowest BCUT2D eigenvalue weighted by Gasteiger charge is -2.18. The van der Waals surface area contributed by atoms with Gasteiger partial charge in [0.25, 0.3) is 0 Å². The van der Waals surface area contributed by atoms with E-state index in [4.69, 9.17) is 40.5 Å². The summed E-state index contributed by atoms with van der Waals surface area (Å²) in [4.78, 5) is 27.1. The molecule has 1 heterocycles. The molecule has 0 aliphatic rings. The summed E-state index contributed by atoms with van der Waals surface area (Å²) < 4.78 is -0.435. The second-order valence-corrected chi connectivity index (χ2v) is 7.94. The Morgan fingerprint density at radius 1 is 1.24 bits per heavy atom. The van der Waals surface area contributed by atoms with Crippen molar-refractivity contribution in [1.29, 1.82) is 0 Å². The van der Waals surface area contributed by atoms with Gasteiger partial charge in [0, 0.05) is 12.6 Å². The normalized spacial score (nSPS) is 11.3. The second-order valence-electron chi connectivity index (χ2n) is 5.42. The van der Waals surface area contributed by atoms with Gasteiger partial charge in [0.05, 0.1) is 18.7 Å². The first kappa shape index (κ1) is 19.6. The van der Waals surface area contributed by atoms with Crippen LogP contribution in [0.1, 0.15) is 11.3 Å². The van der Waals surface area contributed by atoms with Gasteiger partial charge in [-0.1, -0.05) is 65.1 Å². The quantitative estimate of drug-likeness (QED) is 0.694. The molecule has 134 valence electrons. The number of nitrogens with zero attached hydrogens (tertiary/aromatic N) is 2. The Balaban J connectivity index is 2.23. The predicted octanol–water partition coefficient (Wildman–Crippen LogP) is 2.30. The van der Waals surface area contributed by atoms with Gasteiger partial charge < -0.3 is 11.1 Å². The minimum Gasteiger partial charge on any atom is -0.371 e. The van der Waals surface area contributed by atoms with Crippen LogP contribution in [0.3, 0.4) is 0 Å². The van der Waals surface area contributed by atoms with Crippen LogP contribution < -0.4 is 16.7 Å². The fraction of sp³-hybridized carbons (Fsp3) is 0.312. The molecule has 0 saturated carbocycles. The van der Waals surface area contributed by atoms with E-state index in [1.807, 2.05) is 30.3 Å². The van der Waals surface area contributed by atoms with E-state index in [9.17, 15) is 9.59 Å². The smallest absolute Gasteiger partial charge is 0.349 e. The van der Waals surface area contributed by atoms with Crippen LogP contribution in [0.15, 0.2) is 41.2 Å². The van der Waals surface area contributed by atoms with E-state index in [1.165, 1.54) is 4.57 Å². The van der Waals surface area contributed by atoms with E-state index in [2.05, 4.69) is 10.3 Å². The fourth-order valence-electron chi connectivity index (χ4n) is 2.28. The van der Waals surface area contributed by atoms with Crippen LogP contribution in [-0.4, -0.2) is 25.8 Å². The predicted molar refractivity (Wildman–Crippen MR) is 100 cm³/mol. The maximum atomic E-state index is 12.2. The molecule has 0 aliphatic heterocycles. The number of amides is 1. The molecule has 0 atom stereocenters. The molecule has 0 saturated heterocycles. The number of hydrogen-bond donors (Lipinski definition) is 2. The lowest BCUT2D eigenvalue weighted by molar-refractivity contribution is -0.117. The van der Waals surface area contributed by atoms with Crippen LogP contribution in [0.25, 0.3) is 0 Å². The van der Waals surface area contributed by atoms with Gasteiger partial charge >= 0.3 is 5.69 Å². The van der Waals surface area contributed by atoms with Crippen LogP contribution >= 0.6 is 34.8 Å². The zero-order valence-electron chi connectivity index (χ0n) is 13.2. The third kappa shape index (κ3) is 6.57. The third-order valence-electron chi connectivity index (χ3n) is 3.32. The van der Waals surface area contributed by atoms with Gasteiger partial charge in [0.2, 0.25) is 9.70 Å². The molecule has 0 aliphatic carbocycles. The first-order valence-corrected chi connectivity index (χ1v) is 8.61. The number of anilines is 1. The Hall–Kier alpha value is -1.76. The average Bonchev–Trinajstić information content (AvgIpc) is 2.50. The highest BCUT2D eigenvalue weighted by atomic mass is 35.6. The topological polar surface area (TPSA) is 90.0 Å². The molecule has 1 amide bonds. The van der Waals surface area contributed by atoms with Gasteiger partial charge in [-0.05, 0) is 12.0 Å². The SMILES string of the molecule is NC(=O)Cc1cc(NCCc2ccccc2)n(CC(Cl)(Cl)Cl)c(=O)n1. The Morgan fingerprint density at radius 2 is 1.92 bits per heavy atom. The van der Waals surface area contributed by atoms with Crippen molar-refractivity contribution in [2.24, 2.45) is 5.73 Å². The van der Waals surface area contributed by atoms with Crippen molar-refractivity contribution in [3.63, 3.8) is 0 Å². The molecular formula is C16H17Cl3N4O2. The van der Waals surface area contributed by atoms with Gasteiger partial charge in [0.1, 0.15) is 5.82 Å². The first-order chi connectivity index (χ1) is 11.7. The Morgan fingerprint density at radius 3 is 2.52 bits per heavy atom. The van der Waals surface area contributed by atoms with Crippen molar-refractivity contribution < 1.29 is 4.79 Å². The first-order valence-electron chi connectivity index (χ1n) is 7.48. The minimum atomic E-state index is -1.66. The molecule has 2 rings (SSSR count). The Labute approximate surface area is 159 Å². The number of rotatable bonds is 7. The number of benzene rings is 1. The monoisotopic (exact) mass is 402 g/mol. The number of halogens is 3. The summed E-state index contributed by atoms with van der Waals surface area (Å²) in [7, 11) is 0. The molecule has 25 heavy (non-hydrogen) atoms. The van der Waals surface area contributed by atoms with Crippen molar-refractivity contribution in [2.75, 3.05) is 11.9 Å². The minimum absolute atomic E-state index is 0.142. The molecule has 0 fully saturated rings. The number of aromatic nitrogens is 2. The number of hydrogen-bond acceptors (Lipinski definition) is 4. The van der Waals surface area contributed by atoms with Crippen molar-refractivity contribution in [3.8, 4) is 0 Å². The summed E-state index contributed by atoms with van der Waals surface area (Å²) in [6, 6.07) is 11.4. The van der Waals surface area contributed by atoms with Gasteiger partial charge in [-0.15, -0.1) is 0 Å². The zero-order chi connectivity index (χ0) is 18.4. The Kier molecular flexibility index (Phi) is 6.70. The number of alkyl halides is 3. The highest BCUT2D eigenvalue weighted by molar-refractivity contribution is 6.67. The fourth-order valence-corrected chi connectivity index (χ4v) is 2.64. The van der Waals surface area contributed by atoms with Crippen molar-refractivity contribution in [3.05, 3.63) is 58.1 Å². The number of nitrogens with one attached hydrogen (secondary N) is 1. The molecule has 1 aromatic carbocycles. The van der Waals surface area contributed by atoms with E-state index in [1.54, 1.807) is 6.07 Å². The standard InChI is InChI=1S/C16H17Cl3N4O2/c17-16(18,19)10-23-14(9-12(8-13(20)24)22-15(23)25)21-7-6-11-4-2-1-3-5-11/h1-5,9,21H,6-8,10H2,(H2,20,24). The van der Waals surface area contributed by atoms with E-state index >= 15 is 0 Å². The molecule has 0 bridgehead atoms. The maximum absolute atomic E-state index is 12.2. The molecule has 0 unspecified atom stereocenters. The van der Waals surface area contributed by atoms with Crippen molar-refractivity contribution >= 4 is 46.5 Å². The van der Waals surface area contributed by atoms with Crippen LogP contribution in [0.5, 0.6) is 0 Å². The molecule has 1 aromatic heterocycles. The summed E-state index contributed by atoms with van der Waals surface area (Å²) in [5, 5.41) is 3.13. The third-order valence-corrected chi connectivity index (χ3v) is 3.68. The van der Waals surface area contributed by atoms with Gasteiger partial charge in [-0.25, -0.2) is 4.79 Å². The molecule has 0 spiro atoms. The highest BCUT2D eigenvalue weighted by Crippen LogP contribution is 2.28. The van der Waals surface area contributed by atoms with Gasteiger partial charge in [-0.3, -0.25) is 9.36 Å². The molecule has 3 N–H and O–H groups in total. The van der Waals surface area contributed by atoms with Crippen LogP contribution in [0.2, 0.25) is 0 Å². The number of carbonyl (C=O) groups is 1. The van der Waals surface area contributed by atoms with E-state index in [0.717, 1.165) is 12.0 Å². The summed E-state index contributed by atoms with van der Waals surface area (Å²) >= 11 is 17.4. The zero-order valence-corrected chi connectivity index (χ0v) is 15.5. The van der Waals surface area contributed by atoms with Crippen molar-refractivity contribution in [1.82, 2.24) is 9.55 Å². The van der Waals surface area contributed by atoms with E-state index < -0.39 is 15.4 Å². The van der Waals surface area contributed by atoms with Crippen molar-refractivity contribution in [2.45, 2.75) is 23.2 Å². The van der Waals surface area contributed by atoms with Gasteiger partial charge in [-0.2, -0.15) is 4.98 Å². The van der Waals surface area contributed by atoms with Crippen LogP contribution in [0, 0.1) is 0 Å². The highest BCUT2D eigenvalue weighted by Gasteiger charge is 2.23. The largest absolute Gasteiger partial charge is 0.371 e. The van der Waals surface area contributed by atoms with Gasteiger partial charge in [0.15, 0.2) is 0 Å². The van der Waals surface area contributed by atoms with E-state index in [0.29, 0.717) is 12.4 Å². The second kappa shape index (κ2) is 8.56. The molecule has 6 nitrogen and oxygen atoms in total. The summed E-state index contributed by atoms with van der Waals surface area (Å²) in [6.45, 7) is 0.372. The molecule has 0 radical (unpaired) electrons.